The van der Waals surface area contributed by atoms with Gasteiger partial charge in [0.25, 0.3) is 0 Å². The van der Waals surface area contributed by atoms with Crippen molar-refractivity contribution >= 4 is 5.69 Å². The molecule has 1 unspecified atom stereocenters. The summed E-state index contributed by atoms with van der Waals surface area (Å²) in [6.45, 7) is 6.16. The Morgan fingerprint density at radius 2 is 2.00 bits per heavy atom. The molecule has 1 aliphatic heterocycles. The third kappa shape index (κ3) is 4.22. The molecule has 0 aromatic heterocycles. The molecule has 1 saturated heterocycles. The molecule has 3 heteroatoms. The molecular weight excluding hydrogens is 236 g/mol. The standard InChI is InChI=1S/C16H26N2O/c1-2-15(19)9-10-17-13-14-7-3-4-8-16(14)18-11-5-6-12-18/h3-4,7-8,15,17,19H,2,5-6,9-13H2,1H3. The molecule has 1 atom stereocenters. The van der Waals surface area contributed by atoms with Crippen molar-refractivity contribution in [2.45, 2.75) is 45.3 Å². The van der Waals surface area contributed by atoms with Gasteiger partial charge in [-0.1, -0.05) is 25.1 Å². The molecule has 1 aliphatic rings. The Morgan fingerprint density at radius 3 is 2.74 bits per heavy atom. The maximum Gasteiger partial charge on any atom is 0.0549 e. The highest BCUT2D eigenvalue weighted by molar-refractivity contribution is 5.54. The highest BCUT2D eigenvalue weighted by atomic mass is 16.3. The number of aliphatic hydroxyl groups excluding tert-OH is 1. The number of hydrogen-bond donors (Lipinski definition) is 2. The van der Waals surface area contributed by atoms with Crippen LogP contribution in [0.15, 0.2) is 24.3 Å². The summed E-state index contributed by atoms with van der Waals surface area (Å²) in [7, 11) is 0. The Kier molecular flexibility index (Phi) is 5.67. The fourth-order valence-corrected chi connectivity index (χ4v) is 2.62. The van der Waals surface area contributed by atoms with Gasteiger partial charge >= 0.3 is 0 Å². The molecule has 1 aromatic carbocycles. The van der Waals surface area contributed by atoms with Gasteiger partial charge in [0.2, 0.25) is 0 Å². The van der Waals surface area contributed by atoms with Gasteiger partial charge in [0, 0.05) is 25.3 Å². The van der Waals surface area contributed by atoms with Gasteiger partial charge in [0.05, 0.1) is 6.10 Å². The molecule has 2 N–H and O–H groups in total. The van der Waals surface area contributed by atoms with E-state index in [4.69, 9.17) is 0 Å². The summed E-state index contributed by atoms with van der Waals surface area (Å²) in [4.78, 5) is 2.48. The van der Waals surface area contributed by atoms with Gasteiger partial charge < -0.3 is 15.3 Å². The predicted molar refractivity (Wildman–Crippen MR) is 80.5 cm³/mol. The van der Waals surface area contributed by atoms with Crippen molar-refractivity contribution < 1.29 is 5.11 Å². The summed E-state index contributed by atoms with van der Waals surface area (Å²) in [5.41, 5.74) is 2.75. The third-order valence-corrected chi connectivity index (χ3v) is 3.88. The molecule has 2 rings (SSSR count). The van der Waals surface area contributed by atoms with Gasteiger partial charge in [0.1, 0.15) is 0 Å². The molecule has 19 heavy (non-hydrogen) atoms. The van der Waals surface area contributed by atoms with E-state index in [1.54, 1.807) is 0 Å². The van der Waals surface area contributed by atoms with Crippen molar-refractivity contribution in [3.63, 3.8) is 0 Å². The van der Waals surface area contributed by atoms with E-state index in [2.05, 4.69) is 34.5 Å². The quantitative estimate of drug-likeness (QED) is 0.741. The van der Waals surface area contributed by atoms with Crippen LogP contribution in [0.5, 0.6) is 0 Å². The first-order chi connectivity index (χ1) is 9.31. The Hall–Kier alpha value is -1.06. The normalized spacial score (nSPS) is 16.8. The van der Waals surface area contributed by atoms with E-state index in [-0.39, 0.29) is 6.10 Å². The lowest BCUT2D eigenvalue weighted by Crippen LogP contribution is -2.23. The molecule has 106 valence electrons. The van der Waals surface area contributed by atoms with Crippen LogP contribution in [0, 0.1) is 0 Å². The number of aliphatic hydroxyl groups is 1. The molecule has 1 aromatic rings. The van der Waals surface area contributed by atoms with Crippen LogP contribution >= 0.6 is 0 Å². The number of rotatable bonds is 7. The van der Waals surface area contributed by atoms with Crippen molar-refractivity contribution in [1.82, 2.24) is 5.32 Å². The second kappa shape index (κ2) is 7.51. The van der Waals surface area contributed by atoms with Crippen molar-refractivity contribution in [3.8, 4) is 0 Å². The summed E-state index contributed by atoms with van der Waals surface area (Å²) >= 11 is 0. The summed E-state index contributed by atoms with van der Waals surface area (Å²) in [6, 6.07) is 8.66. The van der Waals surface area contributed by atoms with Crippen LogP contribution in [-0.2, 0) is 6.54 Å². The monoisotopic (exact) mass is 262 g/mol. The molecule has 0 saturated carbocycles. The van der Waals surface area contributed by atoms with Crippen LogP contribution in [0.4, 0.5) is 5.69 Å². The molecule has 0 amide bonds. The van der Waals surface area contributed by atoms with Crippen LogP contribution in [0.2, 0.25) is 0 Å². The largest absolute Gasteiger partial charge is 0.393 e. The zero-order valence-electron chi connectivity index (χ0n) is 11.9. The van der Waals surface area contributed by atoms with E-state index < -0.39 is 0 Å². The van der Waals surface area contributed by atoms with Gasteiger partial charge in [-0.25, -0.2) is 0 Å². The zero-order chi connectivity index (χ0) is 13.5. The van der Waals surface area contributed by atoms with E-state index in [1.165, 1.54) is 37.2 Å². The number of nitrogens with zero attached hydrogens (tertiary/aromatic N) is 1. The molecule has 1 fully saturated rings. The number of anilines is 1. The first kappa shape index (κ1) is 14.4. The second-order valence-corrected chi connectivity index (χ2v) is 5.35. The van der Waals surface area contributed by atoms with Crippen molar-refractivity contribution in [2.24, 2.45) is 0 Å². The van der Waals surface area contributed by atoms with Crippen LogP contribution in [-0.4, -0.2) is 30.8 Å². The van der Waals surface area contributed by atoms with Crippen LogP contribution in [0.25, 0.3) is 0 Å². The van der Waals surface area contributed by atoms with E-state index in [1.807, 2.05) is 6.92 Å². The zero-order valence-corrected chi connectivity index (χ0v) is 11.9. The Balaban J connectivity index is 1.85. The van der Waals surface area contributed by atoms with Crippen molar-refractivity contribution in [2.75, 3.05) is 24.5 Å². The molecule has 0 aliphatic carbocycles. The Morgan fingerprint density at radius 1 is 1.26 bits per heavy atom. The highest BCUT2D eigenvalue weighted by Gasteiger charge is 2.14. The molecule has 0 bridgehead atoms. The minimum absolute atomic E-state index is 0.165. The van der Waals surface area contributed by atoms with E-state index in [9.17, 15) is 5.11 Å². The summed E-state index contributed by atoms with van der Waals surface area (Å²) in [6.07, 6.45) is 4.13. The number of benzene rings is 1. The first-order valence-electron chi connectivity index (χ1n) is 7.53. The van der Waals surface area contributed by atoms with Crippen molar-refractivity contribution in [3.05, 3.63) is 29.8 Å². The van der Waals surface area contributed by atoms with Gasteiger partial charge in [-0.3, -0.25) is 0 Å². The topological polar surface area (TPSA) is 35.5 Å². The minimum Gasteiger partial charge on any atom is -0.393 e. The predicted octanol–water partition coefficient (Wildman–Crippen LogP) is 2.54. The lowest BCUT2D eigenvalue weighted by molar-refractivity contribution is 0.159. The van der Waals surface area contributed by atoms with E-state index >= 15 is 0 Å². The van der Waals surface area contributed by atoms with E-state index in [0.717, 1.165) is 25.9 Å². The smallest absolute Gasteiger partial charge is 0.0549 e. The Bertz CT molecular complexity index is 375. The van der Waals surface area contributed by atoms with Crippen molar-refractivity contribution in [1.29, 1.82) is 0 Å². The van der Waals surface area contributed by atoms with Crippen LogP contribution in [0.1, 0.15) is 38.2 Å². The first-order valence-corrected chi connectivity index (χ1v) is 7.53. The van der Waals surface area contributed by atoms with Gasteiger partial charge in [-0.2, -0.15) is 0 Å². The number of para-hydroxylation sites is 1. The lowest BCUT2D eigenvalue weighted by atomic mass is 10.1. The molecule has 3 nitrogen and oxygen atoms in total. The van der Waals surface area contributed by atoms with E-state index in [0.29, 0.717) is 0 Å². The molecular formula is C16H26N2O. The third-order valence-electron chi connectivity index (χ3n) is 3.88. The summed E-state index contributed by atoms with van der Waals surface area (Å²) in [5, 5.41) is 13.0. The molecule has 1 heterocycles. The summed E-state index contributed by atoms with van der Waals surface area (Å²) < 4.78 is 0. The van der Waals surface area contributed by atoms with Gasteiger partial charge in [-0.05, 0) is 43.9 Å². The maximum atomic E-state index is 9.53. The highest BCUT2D eigenvalue weighted by Crippen LogP contribution is 2.24. The van der Waals surface area contributed by atoms with Gasteiger partial charge in [0.15, 0.2) is 0 Å². The number of hydrogen-bond acceptors (Lipinski definition) is 3. The average molecular weight is 262 g/mol. The van der Waals surface area contributed by atoms with Crippen LogP contribution in [0.3, 0.4) is 0 Å². The molecule has 0 radical (unpaired) electrons. The Labute approximate surface area is 116 Å². The van der Waals surface area contributed by atoms with Gasteiger partial charge in [-0.15, -0.1) is 0 Å². The van der Waals surface area contributed by atoms with Crippen LogP contribution < -0.4 is 10.2 Å². The minimum atomic E-state index is -0.165. The SMILES string of the molecule is CCC(O)CCNCc1ccccc1N1CCCC1. The maximum absolute atomic E-state index is 9.53. The fourth-order valence-electron chi connectivity index (χ4n) is 2.62. The summed E-state index contributed by atoms with van der Waals surface area (Å²) in [5.74, 6) is 0. The fraction of sp³-hybridized carbons (Fsp3) is 0.625. The molecule has 0 spiro atoms. The number of nitrogens with one attached hydrogen (secondary N) is 1. The second-order valence-electron chi connectivity index (χ2n) is 5.35. The lowest BCUT2D eigenvalue weighted by Gasteiger charge is -2.21. The average Bonchev–Trinajstić information content (AvgIpc) is 2.97.